The molecule has 0 radical (unpaired) electrons. The number of rotatable bonds is 6. The number of hydrogen-bond donors (Lipinski definition) is 2. The van der Waals surface area contributed by atoms with Crippen molar-refractivity contribution < 1.29 is 14.6 Å². The summed E-state index contributed by atoms with van der Waals surface area (Å²) in [6, 6.07) is 0.0473. The molecule has 13 heavy (non-hydrogen) atoms. The molecule has 1 unspecified atom stereocenters. The summed E-state index contributed by atoms with van der Waals surface area (Å²) in [6.45, 7) is 8.28. The standard InChI is InChI=1S/C9H19NO3/c1-5-13-6-7(2)10-9(3,4)8(11)12/h7,10H,5-6H2,1-4H3,(H,11,12). The normalized spacial score (nSPS) is 14.2. The van der Waals surface area contributed by atoms with Gasteiger partial charge in [0.2, 0.25) is 0 Å². The van der Waals surface area contributed by atoms with Gasteiger partial charge in [0.15, 0.2) is 0 Å². The first-order valence-corrected chi connectivity index (χ1v) is 4.49. The highest BCUT2D eigenvalue weighted by Gasteiger charge is 2.28. The number of carboxylic acids is 1. The zero-order valence-electron chi connectivity index (χ0n) is 8.76. The highest BCUT2D eigenvalue weighted by Crippen LogP contribution is 2.03. The van der Waals surface area contributed by atoms with Crippen molar-refractivity contribution in [1.82, 2.24) is 5.32 Å². The highest BCUT2D eigenvalue weighted by molar-refractivity contribution is 5.77. The summed E-state index contributed by atoms with van der Waals surface area (Å²) in [5.41, 5.74) is -0.892. The third-order valence-corrected chi connectivity index (χ3v) is 1.71. The zero-order valence-corrected chi connectivity index (χ0v) is 8.76. The lowest BCUT2D eigenvalue weighted by molar-refractivity contribution is -0.143. The molecule has 4 nitrogen and oxygen atoms in total. The van der Waals surface area contributed by atoms with Gasteiger partial charge in [0, 0.05) is 12.6 Å². The third kappa shape index (κ3) is 4.85. The predicted octanol–water partition coefficient (Wildman–Crippen LogP) is 0.864. The van der Waals surface area contributed by atoms with Gasteiger partial charge in [-0.1, -0.05) is 0 Å². The van der Waals surface area contributed by atoms with Crippen LogP contribution < -0.4 is 5.32 Å². The van der Waals surface area contributed by atoms with E-state index in [0.29, 0.717) is 13.2 Å². The fourth-order valence-corrected chi connectivity index (χ4v) is 1.01. The number of ether oxygens (including phenoxy) is 1. The van der Waals surface area contributed by atoms with Gasteiger partial charge in [0.1, 0.15) is 5.54 Å². The third-order valence-electron chi connectivity index (χ3n) is 1.71. The Morgan fingerprint density at radius 1 is 1.62 bits per heavy atom. The number of nitrogens with one attached hydrogen (secondary N) is 1. The number of carboxylic acid groups (broad SMARTS) is 1. The molecule has 0 aromatic heterocycles. The van der Waals surface area contributed by atoms with Crippen molar-refractivity contribution in [1.29, 1.82) is 0 Å². The van der Waals surface area contributed by atoms with E-state index in [4.69, 9.17) is 9.84 Å². The minimum Gasteiger partial charge on any atom is -0.480 e. The van der Waals surface area contributed by atoms with Gasteiger partial charge in [-0.25, -0.2) is 0 Å². The number of aliphatic carboxylic acids is 1. The molecule has 0 spiro atoms. The van der Waals surface area contributed by atoms with Gasteiger partial charge in [0.05, 0.1) is 6.61 Å². The summed E-state index contributed by atoms with van der Waals surface area (Å²) in [7, 11) is 0. The molecule has 1 atom stereocenters. The molecule has 0 fully saturated rings. The van der Waals surface area contributed by atoms with Crippen LogP contribution in [0.15, 0.2) is 0 Å². The van der Waals surface area contributed by atoms with Crippen molar-refractivity contribution in [2.24, 2.45) is 0 Å². The molecule has 0 aromatic carbocycles. The van der Waals surface area contributed by atoms with Crippen LogP contribution >= 0.6 is 0 Å². The quantitative estimate of drug-likeness (QED) is 0.650. The van der Waals surface area contributed by atoms with Gasteiger partial charge in [-0.2, -0.15) is 0 Å². The summed E-state index contributed by atoms with van der Waals surface area (Å²) >= 11 is 0. The van der Waals surface area contributed by atoms with Crippen LogP contribution in [0.5, 0.6) is 0 Å². The Kier molecular flexibility index (Phi) is 4.95. The molecule has 0 heterocycles. The van der Waals surface area contributed by atoms with Gasteiger partial charge >= 0.3 is 5.97 Å². The summed E-state index contributed by atoms with van der Waals surface area (Å²) in [5.74, 6) is -0.851. The van der Waals surface area contributed by atoms with Crippen LogP contribution in [0.2, 0.25) is 0 Å². The first-order valence-electron chi connectivity index (χ1n) is 4.49. The number of hydrogen-bond acceptors (Lipinski definition) is 3. The maximum absolute atomic E-state index is 10.7. The molecule has 78 valence electrons. The lowest BCUT2D eigenvalue weighted by atomic mass is 10.1. The summed E-state index contributed by atoms with van der Waals surface area (Å²) in [5, 5.41) is 11.8. The fourth-order valence-electron chi connectivity index (χ4n) is 1.01. The second-order valence-electron chi connectivity index (χ2n) is 3.64. The monoisotopic (exact) mass is 189 g/mol. The Balaban J connectivity index is 3.89. The molecule has 0 aliphatic rings. The molecule has 0 saturated heterocycles. The predicted molar refractivity (Wildman–Crippen MR) is 50.8 cm³/mol. The molecule has 0 amide bonds. The summed E-state index contributed by atoms with van der Waals surface area (Å²) < 4.78 is 5.17. The highest BCUT2D eigenvalue weighted by atomic mass is 16.5. The van der Waals surface area contributed by atoms with E-state index < -0.39 is 11.5 Å². The van der Waals surface area contributed by atoms with Crippen LogP contribution in [0.1, 0.15) is 27.7 Å². The molecule has 2 N–H and O–H groups in total. The van der Waals surface area contributed by atoms with E-state index in [1.807, 2.05) is 13.8 Å². The maximum Gasteiger partial charge on any atom is 0.323 e. The lowest BCUT2D eigenvalue weighted by Crippen LogP contribution is -2.51. The van der Waals surface area contributed by atoms with E-state index in [1.165, 1.54) is 0 Å². The molecule has 0 aliphatic carbocycles. The number of carbonyl (C=O) groups is 1. The topological polar surface area (TPSA) is 58.6 Å². The van der Waals surface area contributed by atoms with E-state index in [-0.39, 0.29) is 6.04 Å². The van der Waals surface area contributed by atoms with Crippen molar-refractivity contribution >= 4 is 5.97 Å². The van der Waals surface area contributed by atoms with Crippen LogP contribution in [0.3, 0.4) is 0 Å². The Morgan fingerprint density at radius 2 is 2.15 bits per heavy atom. The molecule has 4 heteroatoms. The zero-order chi connectivity index (χ0) is 10.5. The summed E-state index contributed by atoms with van der Waals surface area (Å²) in [4.78, 5) is 10.7. The average Bonchev–Trinajstić information content (AvgIpc) is 1.99. The minimum absolute atomic E-state index is 0.0473. The van der Waals surface area contributed by atoms with Crippen molar-refractivity contribution in [2.75, 3.05) is 13.2 Å². The largest absolute Gasteiger partial charge is 0.480 e. The van der Waals surface area contributed by atoms with Gasteiger partial charge in [-0.05, 0) is 27.7 Å². The first-order chi connectivity index (χ1) is 5.90. The van der Waals surface area contributed by atoms with Gasteiger partial charge < -0.3 is 9.84 Å². The molecule has 0 bridgehead atoms. The SMILES string of the molecule is CCOCC(C)NC(C)(C)C(=O)O. The molecule has 0 aliphatic heterocycles. The van der Waals surface area contributed by atoms with Crippen molar-refractivity contribution in [3.8, 4) is 0 Å². The average molecular weight is 189 g/mol. The molecular formula is C9H19NO3. The molecule has 0 aromatic rings. The minimum atomic E-state index is -0.892. The molecular weight excluding hydrogens is 170 g/mol. The van der Waals surface area contributed by atoms with Crippen molar-refractivity contribution in [3.05, 3.63) is 0 Å². The van der Waals surface area contributed by atoms with E-state index >= 15 is 0 Å². The second kappa shape index (κ2) is 5.19. The van der Waals surface area contributed by atoms with Crippen LogP contribution in [0.25, 0.3) is 0 Å². The van der Waals surface area contributed by atoms with E-state index in [2.05, 4.69) is 5.32 Å². The van der Waals surface area contributed by atoms with Gasteiger partial charge in [0.25, 0.3) is 0 Å². The second-order valence-corrected chi connectivity index (χ2v) is 3.64. The van der Waals surface area contributed by atoms with Gasteiger partial charge in [-0.15, -0.1) is 0 Å². The summed E-state index contributed by atoms with van der Waals surface area (Å²) in [6.07, 6.45) is 0. The Labute approximate surface area is 79.3 Å². The van der Waals surface area contributed by atoms with Crippen LogP contribution in [-0.2, 0) is 9.53 Å². The Hall–Kier alpha value is -0.610. The van der Waals surface area contributed by atoms with Crippen LogP contribution in [0.4, 0.5) is 0 Å². The molecule has 0 rings (SSSR count). The first kappa shape index (κ1) is 12.4. The van der Waals surface area contributed by atoms with E-state index in [1.54, 1.807) is 13.8 Å². The van der Waals surface area contributed by atoms with Crippen molar-refractivity contribution in [3.63, 3.8) is 0 Å². The lowest BCUT2D eigenvalue weighted by Gasteiger charge is -2.25. The Morgan fingerprint density at radius 3 is 2.54 bits per heavy atom. The smallest absolute Gasteiger partial charge is 0.323 e. The van der Waals surface area contributed by atoms with Crippen LogP contribution in [-0.4, -0.2) is 35.9 Å². The molecule has 0 saturated carbocycles. The fraction of sp³-hybridized carbons (Fsp3) is 0.889. The van der Waals surface area contributed by atoms with Crippen molar-refractivity contribution in [2.45, 2.75) is 39.3 Å². The van der Waals surface area contributed by atoms with E-state index in [9.17, 15) is 4.79 Å². The Bertz CT molecular complexity index is 168. The maximum atomic E-state index is 10.7. The van der Waals surface area contributed by atoms with E-state index in [0.717, 1.165) is 0 Å². The van der Waals surface area contributed by atoms with Crippen LogP contribution in [0, 0.1) is 0 Å². The van der Waals surface area contributed by atoms with Gasteiger partial charge in [-0.3, -0.25) is 10.1 Å².